The molecule has 0 saturated carbocycles. The molecule has 23 heavy (non-hydrogen) atoms. The third-order valence-electron chi connectivity index (χ3n) is 2.65. The van der Waals surface area contributed by atoms with Gasteiger partial charge in [0.05, 0.1) is 0 Å². The van der Waals surface area contributed by atoms with Gasteiger partial charge in [-0.05, 0) is 55.0 Å². The van der Waals surface area contributed by atoms with Gasteiger partial charge in [-0.2, -0.15) is 0 Å². The van der Waals surface area contributed by atoms with Gasteiger partial charge in [0.2, 0.25) is 0 Å². The Hall–Kier alpha value is -2.77. The van der Waals surface area contributed by atoms with Crippen molar-refractivity contribution in [2.24, 2.45) is 0 Å². The summed E-state index contributed by atoms with van der Waals surface area (Å²) >= 11 is 0. The topological polar surface area (TPSA) is 50.4 Å². The number of urea groups is 1. The number of carbonyl (C=O) groups is 1. The summed E-state index contributed by atoms with van der Waals surface area (Å²) in [6.45, 7) is 1.67. The van der Waals surface area contributed by atoms with Crippen LogP contribution in [0, 0.1) is 12.7 Å². The minimum Gasteiger partial charge on any atom is -0.406 e. The summed E-state index contributed by atoms with van der Waals surface area (Å²) in [7, 11) is 0. The highest BCUT2D eigenvalue weighted by atomic mass is 19.4. The molecule has 0 radical (unpaired) electrons. The lowest BCUT2D eigenvalue weighted by Gasteiger charge is -2.11. The van der Waals surface area contributed by atoms with Gasteiger partial charge in [-0.3, -0.25) is 0 Å². The number of hydrogen-bond acceptors (Lipinski definition) is 2. The molecule has 2 aromatic carbocycles. The molecule has 0 unspecified atom stereocenters. The van der Waals surface area contributed by atoms with E-state index in [9.17, 15) is 22.4 Å². The van der Waals surface area contributed by atoms with Crippen molar-refractivity contribution >= 4 is 17.4 Å². The molecule has 0 aliphatic carbocycles. The number of rotatable bonds is 3. The van der Waals surface area contributed by atoms with Crippen LogP contribution in [0.25, 0.3) is 0 Å². The third kappa shape index (κ3) is 5.50. The lowest BCUT2D eigenvalue weighted by Crippen LogP contribution is -2.20. The van der Waals surface area contributed by atoms with Crippen LogP contribution >= 0.6 is 0 Å². The molecule has 0 aliphatic heterocycles. The summed E-state index contributed by atoms with van der Waals surface area (Å²) in [6.07, 6.45) is -4.78. The average molecular weight is 328 g/mol. The Morgan fingerprint density at radius 1 is 1.00 bits per heavy atom. The summed E-state index contributed by atoms with van der Waals surface area (Å²) in [4.78, 5) is 11.8. The number of alkyl halides is 3. The zero-order valence-electron chi connectivity index (χ0n) is 11.9. The molecular weight excluding hydrogens is 316 g/mol. The smallest absolute Gasteiger partial charge is 0.406 e. The second-order valence-corrected chi connectivity index (χ2v) is 4.67. The highest BCUT2D eigenvalue weighted by Gasteiger charge is 2.30. The fourth-order valence-electron chi connectivity index (χ4n) is 1.84. The van der Waals surface area contributed by atoms with Gasteiger partial charge in [0.25, 0.3) is 0 Å². The lowest BCUT2D eigenvalue weighted by molar-refractivity contribution is -0.274. The Morgan fingerprint density at radius 2 is 1.61 bits per heavy atom. The Labute approximate surface area is 129 Å². The minimum atomic E-state index is -4.78. The maximum Gasteiger partial charge on any atom is 0.573 e. The number of benzene rings is 2. The van der Waals surface area contributed by atoms with Crippen molar-refractivity contribution in [3.05, 3.63) is 53.8 Å². The molecule has 2 N–H and O–H groups in total. The highest BCUT2D eigenvalue weighted by Crippen LogP contribution is 2.24. The molecule has 0 atom stereocenters. The fourth-order valence-corrected chi connectivity index (χ4v) is 1.84. The first-order chi connectivity index (χ1) is 10.7. The van der Waals surface area contributed by atoms with Crippen LogP contribution in [0.5, 0.6) is 5.75 Å². The SMILES string of the molecule is Cc1cc(F)cc(NC(=O)Nc2ccc(OC(F)(F)F)cc2)c1. The van der Waals surface area contributed by atoms with Crippen LogP contribution < -0.4 is 15.4 Å². The van der Waals surface area contributed by atoms with Crippen LogP contribution in [0.15, 0.2) is 42.5 Å². The van der Waals surface area contributed by atoms with E-state index < -0.39 is 24.0 Å². The molecule has 0 spiro atoms. The average Bonchev–Trinajstić information content (AvgIpc) is 2.38. The van der Waals surface area contributed by atoms with Crippen LogP contribution in [0.1, 0.15) is 5.56 Å². The predicted molar refractivity (Wildman–Crippen MR) is 76.9 cm³/mol. The van der Waals surface area contributed by atoms with E-state index in [1.165, 1.54) is 18.2 Å². The summed E-state index contributed by atoms with van der Waals surface area (Å²) < 4.78 is 53.0. The molecule has 2 rings (SSSR count). The Bertz CT molecular complexity index is 679. The van der Waals surface area contributed by atoms with E-state index in [-0.39, 0.29) is 11.4 Å². The maximum absolute atomic E-state index is 13.2. The number of nitrogens with one attached hydrogen (secondary N) is 2. The van der Waals surface area contributed by atoms with Crippen molar-refractivity contribution in [1.82, 2.24) is 0 Å². The van der Waals surface area contributed by atoms with E-state index in [4.69, 9.17) is 0 Å². The molecule has 122 valence electrons. The number of amides is 2. The Balaban J connectivity index is 1.97. The summed E-state index contributed by atoms with van der Waals surface area (Å²) in [5.74, 6) is -0.891. The second-order valence-electron chi connectivity index (χ2n) is 4.67. The first kappa shape index (κ1) is 16.6. The first-order valence-electron chi connectivity index (χ1n) is 6.42. The number of hydrogen-bond donors (Lipinski definition) is 2. The normalized spacial score (nSPS) is 11.0. The van der Waals surface area contributed by atoms with Gasteiger partial charge in [0, 0.05) is 11.4 Å². The molecule has 0 aliphatic rings. The number of ether oxygens (including phenoxy) is 1. The van der Waals surface area contributed by atoms with E-state index in [0.717, 1.165) is 18.2 Å². The number of halogens is 4. The van der Waals surface area contributed by atoms with Gasteiger partial charge in [-0.25, -0.2) is 9.18 Å². The predicted octanol–water partition coefficient (Wildman–Crippen LogP) is 4.68. The number of carbonyl (C=O) groups excluding carboxylic acids is 1. The third-order valence-corrected chi connectivity index (χ3v) is 2.65. The lowest BCUT2D eigenvalue weighted by atomic mass is 10.2. The van der Waals surface area contributed by atoms with Crippen molar-refractivity contribution in [3.63, 3.8) is 0 Å². The fraction of sp³-hybridized carbons (Fsp3) is 0.133. The monoisotopic (exact) mass is 328 g/mol. The van der Waals surface area contributed by atoms with Crippen LogP contribution in [0.4, 0.5) is 33.7 Å². The van der Waals surface area contributed by atoms with E-state index in [1.807, 2.05) is 0 Å². The van der Waals surface area contributed by atoms with Gasteiger partial charge >= 0.3 is 12.4 Å². The van der Waals surface area contributed by atoms with E-state index in [2.05, 4.69) is 15.4 Å². The summed E-state index contributed by atoms with van der Waals surface area (Å²) in [6, 6.07) is 8.00. The van der Waals surface area contributed by atoms with Gasteiger partial charge in [-0.1, -0.05) is 0 Å². The van der Waals surface area contributed by atoms with E-state index in [1.54, 1.807) is 13.0 Å². The molecule has 0 heterocycles. The van der Waals surface area contributed by atoms with Crippen LogP contribution in [-0.4, -0.2) is 12.4 Å². The maximum atomic E-state index is 13.2. The van der Waals surface area contributed by atoms with Crippen LogP contribution in [0.2, 0.25) is 0 Å². The highest BCUT2D eigenvalue weighted by molar-refractivity contribution is 5.99. The zero-order chi connectivity index (χ0) is 17.0. The molecule has 8 heteroatoms. The standard InChI is InChI=1S/C15H12F4N2O2/c1-9-6-10(16)8-12(7-9)21-14(22)20-11-2-4-13(5-3-11)23-15(17,18)19/h2-8H,1H3,(H2,20,21,22). The summed E-state index contributed by atoms with van der Waals surface area (Å²) in [5.41, 5.74) is 1.15. The molecule has 0 saturated heterocycles. The van der Waals surface area contributed by atoms with E-state index in [0.29, 0.717) is 5.56 Å². The van der Waals surface area contributed by atoms with Crippen molar-refractivity contribution < 1.29 is 27.1 Å². The van der Waals surface area contributed by atoms with Crippen molar-refractivity contribution in [2.45, 2.75) is 13.3 Å². The first-order valence-corrected chi connectivity index (χ1v) is 6.42. The van der Waals surface area contributed by atoms with Gasteiger partial charge in [0.15, 0.2) is 0 Å². The van der Waals surface area contributed by atoms with Crippen molar-refractivity contribution in [3.8, 4) is 5.75 Å². The number of anilines is 2. The van der Waals surface area contributed by atoms with Gasteiger partial charge in [0.1, 0.15) is 11.6 Å². The van der Waals surface area contributed by atoms with Crippen molar-refractivity contribution in [1.29, 1.82) is 0 Å². The number of aryl methyl sites for hydroxylation is 1. The minimum absolute atomic E-state index is 0.255. The summed E-state index contributed by atoms with van der Waals surface area (Å²) in [5, 5.41) is 4.83. The quantitative estimate of drug-likeness (QED) is 0.804. The zero-order valence-corrected chi connectivity index (χ0v) is 11.9. The second kappa shape index (κ2) is 6.55. The molecule has 0 fully saturated rings. The molecule has 4 nitrogen and oxygen atoms in total. The molecule has 2 amide bonds. The molecular formula is C15H12F4N2O2. The Morgan fingerprint density at radius 3 is 2.17 bits per heavy atom. The molecule has 0 bridgehead atoms. The van der Waals surface area contributed by atoms with E-state index >= 15 is 0 Å². The Kier molecular flexibility index (Phi) is 4.73. The van der Waals surface area contributed by atoms with Crippen LogP contribution in [0.3, 0.4) is 0 Å². The van der Waals surface area contributed by atoms with Crippen LogP contribution in [-0.2, 0) is 0 Å². The van der Waals surface area contributed by atoms with Crippen molar-refractivity contribution in [2.75, 3.05) is 10.6 Å². The van der Waals surface area contributed by atoms with Gasteiger partial charge in [-0.15, -0.1) is 13.2 Å². The molecule has 2 aromatic rings. The van der Waals surface area contributed by atoms with Gasteiger partial charge < -0.3 is 15.4 Å². The molecule has 0 aromatic heterocycles. The largest absolute Gasteiger partial charge is 0.573 e.